The summed E-state index contributed by atoms with van der Waals surface area (Å²) in [5, 5.41) is 4.86. The third-order valence-corrected chi connectivity index (χ3v) is 3.93. The predicted octanol–water partition coefficient (Wildman–Crippen LogP) is 4.30. The molecule has 1 N–H and O–H groups in total. The van der Waals surface area contributed by atoms with Crippen molar-refractivity contribution < 1.29 is 4.74 Å². The quantitative estimate of drug-likeness (QED) is 0.899. The molecule has 0 unspecified atom stereocenters. The van der Waals surface area contributed by atoms with Crippen molar-refractivity contribution in [1.82, 2.24) is 4.98 Å². The van der Waals surface area contributed by atoms with Crippen LogP contribution in [0.2, 0.25) is 0 Å². The maximum atomic E-state index is 5.61. The Morgan fingerprint density at radius 3 is 2.80 bits per heavy atom. The highest BCUT2D eigenvalue weighted by molar-refractivity contribution is 5.92. The molecule has 2 aromatic rings. The van der Waals surface area contributed by atoms with Gasteiger partial charge >= 0.3 is 0 Å². The Bertz CT molecular complexity index is 603. The van der Waals surface area contributed by atoms with Gasteiger partial charge in [-0.2, -0.15) is 0 Å². The predicted molar refractivity (Wildman–Crippen MR) is 83.5 cm³/mol. The molecule has 3 rings (SSSR count). The van der Waals surface area contributed by atoms with E-state index in [0.29, 0.717) is 12.6 Å². The van der Waals surface area contributed by atoms with Gasteiger partial charge in [0.05, 0.1) is 12.1 Å². The molecule has 0 atom stereocenters. The SMILES string of the molecule is CCOc1ccc2nc(C)cc(NC3CCCC3)c2c1. The second-order valence-electron chi connectivity index (χ2n) is 5.55. The van der Waals surface area contributed by atoms with Gasteiger partial charge in [-0.15, -0.1) is 0 Å². The van der Waals surface area contributed by atoms with Crippen LogP contribution in [0, 0.1) is 6.92 Å². The number of nitrogens with one attached hydrogen (secondary N) is 1. The number of ether oxygens (including phenoxy) is 1. The van der Waals surface area contributed by atoms with Crippen molar-refractivity contribution in [3.05, 3.63) is 30.0 Å². The number of hydrogen-bond acceptors (Lipinski definition) is 3. The Hall–Kier alpha value is -1.77. The molecule has 106 valence electrons. The number of fused-ring (bicyclic) bond motifs is 1. The Labute approximate surface area is 120 Å². The van der Waals surface area contributed by atoms with E-state index in [2.05, 4.69) is 29.4 Å². The Morgan fingerprint density at radius 1 is 1.25 bits per heavy atom. The van der Waals surface area contributed by atoms with Crippen molar-refractivity contribution in [3.63, 3.8) is 0 Å². The molecule has 0 spiro atoms. The van der Waals surface area contributed by atoms with E-state index in [9.17, 15) is 0 Å². The minimum Gasteiger partial charge on any atom is -0.494 e. The van der Waals surface area contributed by atoms with Crippen LogP contribution in [0.1, 0.15) is 38.3 Å². The molecule has 1 fully saturated rings. The van der Waals surface area contributed by atoms with Crippen molar-refractivity contribution in [1.29, 1.82) is 0 Å². The van der Waals surface area contributed by atoms with Crippen LogP contribution in [0.15, 0.2) is 24.3 Å². The second-order valence-corrected chi connectivity index (χ2v) is 5.55. The Balaban J connectivity index is 2.00. The van der Waals surface area contributed by atoms with Crippen molar-refractivity contribution in [2.75, 3.05) is 11.9 Å². The normalized spacial score (nSPS) is 15.7. The molecular weight excluding hydrogens is 248 g/mol. The third-order valence-electron chi connectivity index (χ3n) is 3.93. The average molecular weight is 270 g/mol. The lowest BCUT2D eigenvalue weighted by atomic mass is 10.1. The smallest absolute Gasteiger partial charge is 0.120 e. The highest BCUT2D eigenvalue weighted by atomic mass is 16.5. The Kier molecular flexibility index (Phi) is 3.77. The fraction of sp³-hybridized carbons (Fsp3) is 0.471. The van der Waals surface area contributed by atoms with E-state index >= 15 is 0 Å². The minimum atomic E-state index is 0.607. The number of benzene rings is 1. The van der Waals surface area contributed by atoms with Crippen molar-refractivity contribution in [2.24, 2.45) is 0 Å². The molecule has 0 aliphatic heterocycles. The average Bonchev–Trinajstić information content (AvgIpc) is 2.92. The summed E-state index contributed by atoms with van der Waals surface area (Å²) in [6, 6.07) is 8.90. The number of rotatable bonds is 4. The van der Waals surface area contributed by atoms with Crippen LogP contribution in [0.25, 0.3) is 10.9 Å². The first-order chi connectivity index (χ1) is 9.76. The van der Waals surface area contributed by atoms with Gasteiger partial charge in [-0.3, -0.25) is 4.98 Å². The molecular formula is C17H22N2O. The van der Waals surface area contributed by atoms with Gasteiger partial charge in [0, 0.05) is 22.8 Å². The zero-order chi connectivity index (χ0) is 13.9. The van der Waals surface area contributed by atoms with E-state index in [1.165, 1.54) is 31.4 Å². The van der Waals surface area contributed by atoms with Gasteiger partial charge in [-0.05, 0) is 51.0 Å². The molecule has 3 nitrogen and oxygen atoms in total. The van der Waals surface area contributed by atoms with Gasteiger partial charge in [-0.25, -0.2) is 0 Å². The largest absolute Gasteiger partial charge is 0.494 e. The molecule has 1 aliphatic rings. The standard InChI is InChI=1S/C17H22N2O/c1-3-20-14-8-9-16-15(11-14)17(10-12(2)18-16)19-13-6-4-5-7-13/h8-11,13H,3-7H2,1-2H3,(H,18,19). The number of nitrogens with zero attached hydrogens (tertiary/aromatic N) is 1. The van der Waals surface area contributed by atoms with Gasteiger partial charge in [0.1, 0.15) is 5.75 Å². The molecule has 0 amide bonds. The van der Waals surface area contributed by atoms with Gasteiger partial charge in [0.25, 0.3) is 0 Å². The zero-order valence-corrected chi connectivity index (χ0v) is 12.3. The number of hydrogen-bond donors (Lipinski definition) is 1. The second kappa shape index (κ2) is 5.70. The number of anilines is 1. The lowest BCUT2D eigenvalue weighted by Crippen LogP contribution is -2.15. The van der Waals surface area contributed by atoms with E-state index in [1.807, 2.05) is 19.1 Å². The fourth-order valence-corrected chi connectivity index (χ4v) is 3.00. The van der Waals surface area contributed by atoms with Crippen molar-refractivity contribution >= 4 is 16.6 Å². The molecule has 20 heavy (non-hydrogen) atoms. The highest BCUT2D eigenvalue weighted by Crippen LogP contribution is 2.30. The molecule has 0 saturated heterocycles. The molecule has 1 heterocycles. The molecule has 0 bridgehead atoms. The zero-order valence-electron chi connectivity index (χ0n) is 12.3. The number of pyridine rings is 1. The van der Waals surface area contributed by atoms with Crippen LogP contribution < -0.4 is 10.1 Å². The van der Waals surface area contributed by atoms with Gasteiger partial charge in [0.2, 0.25) is 0 Å². The van der Waals surface area contributed by atoms with Crippen LogP contribution in [0.4, 0.5) is 5.69 Å². The first kappa shape index (κ1) is 13.2. The third kappa shape index (κ3) is 2.72. The van der Waals surface area contributed by atoms with E-state index in [0.717, 1.165) is 22.3 Å². The Morgan fingerprint density at radius 2 is 2.05 bits per heavy atom. The molecule has 1 aromatic carbocycles. The minimum absolute atomic E-state index is 0.607. The maximum Gasteiger partial charge on any atom is 0.120 e. The molecule has 1 aromatic heterocycles. The highest BCUT2D eigenvalue weighted by Gasteiger charge is 2.16. The van der Waals surface area contributed by atoms with Gasteiger partial charge in [0.15, 0.2) is 0 Å². The molecule has 3 heteroatoms. The summed E-state index contributed by atoms with van der Waals surface area (Å²) in [5.74, 6) is 0.917. The topological polar surface area (TPSA) is 34.1 Å². The summed E-state index contributed by atoms with van der Waals surface area (Å²) < 4.78 is 5.61. The summed E-state index contributed by atoms with van der Waals surface area (Å²) in [6.45, 7) is 4.75. The first-order valence-electron chi connectivity index (χ1n) is 7.57. The van der Waals surface area contributed by atoms with Crippen molar-refractivity contribution in [2.45, 2.75) is 45.6 Å². The van der Waals surface area contributed by atoms with E-state index in [1.54, 1.807) is 0 Å². The van der Waals surface area contributed by atoms with Gasteiger partial charge < -0.3 is 10.1 Å². The summed E-state index contributed by atoms with van der Waals surface area (Å²) in [6.07, 6.45) is 5.22. The lowest BCUT2D eigenvalue weighted by molar-refractivity contribution is 0.340. The number of aryl methyl sites for hydroxylation is 1. The first-order valence-corrected chi connectivity index (χ1v) is 7.57. The summed E-state index contributed by atoms with van der Waals surface area (Å²) in [5.41, 5.74) is 3.29. The van der Waals surface area contributed by atoms with Crippen LogP contribution in [-0.2, 0) is 0 Å². The summed E-state index contributed by atoms with van der Waals surface area (Å²) >= 11 is 0. The van der Waals surface area contributed by atoms with Crippen LogP contribution in [0.3, 0.4) is 0 Å². The maximum absolute atomic E-state index is 5.61. The van der Waals surface area contributed by atoms with Crippen molar-refractivity contribution in [3.8, 4) is 5.75 Å². The van der Waals surface area contributed by atoms with Gasteiger partial charge in [-0.1, -0.05) is 12.8 Å². The van der Waals surface area contributed by atoms with E-state index < -0.39 is 0 Å². The summed E-state index contributed by atoms with van der Waals surface area (Å²) in [4.78, 5) is 4.62. The summed E-state index contributed by atoms with van der Waals surface area (Å²) in [7, 11) is 0. The van der Waals surface area contributed by atoms with Crippen LogP contribution in [0.5, 0.6) is 5.75 Å². The monoisotopic (exact) mass is 270 g/mol. The molecule has 1 saturated carbocycles. The van der Waals surface area contributed by atoms with E-state index in [4.69, 9.17) is 4.74 Å². The fourth-order valence-electron chi connectivity index (χ4n) is 3.00. The molecule has 0 radical (unpaired) electrons. The van der Waals surface area contributed by atoms with Crippen LogP contribution >= 0.6 is 0 Å². The lowest BCUT2D eigenvalue weighted by Gasteiger charge is -2.16. The molecule has 1 aliphatic carbocycles. The van der Waals surface area contributed by atoms with E-state index in [-0.39, 0.29) is 0 Å². The van der Waals surface area contributed by atoms with Crippen LogP contribution in [-0.4, -0.2) is 17.6 Å². The number of aromatic nitrogens is 1.